The molecule has 0 aliphatic rings. The van der Waals surface area contributed by atoms with Crippen molar-refractivity contribution in [3.05, 3.63) is 0 Å². The molecule has 16 heavy (non-hydrogen) atoms. The number of alkyl halides is 2. The van der Waals surface area contributed by atoms with E-state index in [0.717, 1.165) is 4.90 Å². The first kappa shape index (κ1) is 14.6. The quantitative estimate of drug-likeness (QED) is 0.656. The summed E-state index contributed by atoms with van der Waals surface area (Å²) in [7, 11) is 1.38. The highest BCUT2D eigenvalue weighted by Crippen LogP contribution is 1.93. The second-order valence-electron chi connectivity index (χ2n) is 2.89. The Morgan fingerprint density at radius 1 is 1.50 bits per heavy atom. The minimum Gasteiger partial charge on any atom is -0.480 e. The summed E-state index contributed by atoms with van der Waals surface area (Å²) in [6.07, 6.45) is -2.67. The molecule has 0 bridgehead atoms. The molecule has 0 rings (SSSR count). The Kier molecular flexibility index (Phi) is 7.10. The SMILES string of the molecule is COCCN(CC(=O)O)C(=O)NCC(F)F. The highest BCUT2D eigenvalue weighted by Gasteiger charge is 2.17. The molecule has 0 unspecified atom stereocenters. The zero-order valence-corrected chi connectivity index (χ0v) is 8.78. The summed E-state index contributed by atoms with van der Waals surface area (Å²) in [5.41, 5.74) is 0. The van der Waals surface area contributed by atoms with E-state index in [1.807, 2.05) is 5.32 Å². The molecule has 2 N–H and O–H groups in total. The van der Waals surface area contributed by atoms with Crippen LogP contribution >= 0.6 is 0 Å². The Morgan fingerprint density at radius 3 is 2.56 bits per heavy atom. The average Bonchev–Trinajstić information content (AvgIpc) is 2.20. The lowest BCUT2D eigenvalue weighted by atomic mass is 10.5. The molecule has 0 aromatic carbocycles. The Balaban J connectivity index is 4.14. The lowest BCUT2D eigenvalue weighted by molar-refractivity contribution is -0.137. The lowest BCUT2D eigenvalue weighted by Crippen LogP contribution is -2.45. The maximum atomic E-state index is 11.8. The number of rotatable bonds is 7. The fraction of sp³-hybridized carbons (Fsp3) is 0.750. The second kappa shape index (κ2) is 7.80. The number of carbonyl (C=O) groups is 2. The topological polar surface area (TPSA) is 78.9 Å². The molecule has 0 atom stereocenters. The van der Waals surface area contributed by atoms with Gasteiger partial charge in [0.2, 0.25) is 0 Å². The van der Waals surface area contributed by atoms with E-state index >= 15 is 0 Å². The largest absolute Gasteiger partial charge is 0.480 e. The van der Waals surface area contributed by atoms with Gasteiger partial charge in [-0.3, -0.25) is 4.79 Å². The fourth-order valence-corrected chi connectivity index (χ4v) is 0.893. The summed E-state index contributed by atoms with van der Waals surface area (Å²) in [4.78, 5) is 22.5. The van der Waals surface area contributed by atoms with Crippen molar-refractivity contribution in [2.45, 2.75) is 6.43 Å². The number of urea groups is 1. The van der Waals surface area contributed by atoms with Crippen molar-refractivity contribution in [1.29, 1.82) is 0 Å². The number of nitrogens with one attached hydrogen (secondary N) is 1. The minimum absolute atomic E-state index is 0.0257. The van der Waals surface area contributed by atoms with Crippen molar-refractivity contribution in [2.75, 3.05) is 33.4 Å². The Hall–Kier alpha value is -1.44. The number of carboxylic acids is 1. The maximum Gasteiger partial charge on any atom is 0.323 e. The van der Waals surface area contributed by atoms with Gasteiger partial charge in [0.15, 0.2) is 0 Å². The van der Waals surface area contributed by atoms with Gasteiger partial charge in [-0.2, -0.15) is 0 Å². The van der Waals surface area contributed by atoms with Gasteiger partial charge in [-0.25, -0.2) is 13.6 Å². The highest BCUT2D eigenvalue weighted by atomic mass is 19.3. The number of methoxy groups -OCH3 is 1. The summed E-state index contributed by atoms with van der Waals surface area (Å²) in [5.74, 6) is -1.22. The van der Waals surface area contributed by atoms with E-state index < -0.39 is 31.5 Å². The minimum atomic E-state index is -2.67. The summed E-state index contributed by atoms with van der Waals surface area (Å²) in [6.45, 7) is -1.20. The normalized spacial score (nSPS) is 10.2. The van der Waals surface area contributed by atoms with Crippen molar-refractivity contribution in [3.63, 3.8) is 0 Å². The smallest absolute Gasteiger partial charge is 0.323 e. The molecule has 0 aromatic heterocycles. The van der Waals surface area contributed by atoms with Crippen LogP contribution < -0.4 is 5.32 Å². The van der Waals surface area contributed by atoms with Crippen LogP contribution in [0.4, 0.5) is 13.6 Å². The van der Waals surface area contributed by atoms with Gasteiger partial charge in [-0.05, 0) is 0 Å². The van der Waals surface area contributed by atoms with E-state index in [2.05, 4.69) is 4.74 Å². The molecule has 0 saturated heterocycles. The summed E-state index contributed by atoms with van der Waals surface area (Å²) in [6, 6.07) is -0.847. The van der Waals surface area contributed by atoms with Gasteiger partial charge < -0.3 is 20.1 Å². The molecule has 6 nitrogen and oxygen atoms in total. The molecule has 94 valence electrons. The lowest BCUT2D eigenvalue weighted by Gasteiger charge is -2.20. The molecule has 0 aliphatic heterocycles. The zero-order chi connectivity index (χ0) is 12.6. The van der Waals surface area contributed by atoms with Crippen LogP contribution in [-0.2, 0) is 9.53 Å². The van der Waals surface area contributed by atoms with Crippen LogP contribution in [0, 0.1) is 0 Å². The molecule has 0 saturated carbocycles. The fourth-order valence-electron chi connectivity index (χ4n) is 0.893. The summed E-state index contributed by atoms with van der Waals surface area (Å²) >= 11 is 0. The number of nitrogens with zero attached hydrogens (tertiary/aromatic N) is 1. The molecule has 0 spiro atoms. The van der Waals surface area contributed by atoms with E-state index in [0.29, 0.717) is 0 Å². The van der Waals surface area contributed by atoms with Crippen molar-refractivity contribution in [3.8, 4) is 0 Å². The van der Waals surface area contributed by atoms with Crippen molar-refractivity contribution < 1.29 is 28.2 Å². The van der Waals surface area contributed by atoms with Gasteiger partial charge in [0.1, 0.15) is 6.54 Å². The third-order valence-electron chi connectivity index (χ3n) is 1.59. The van der Waals surface area contributed by atoms with E-state index in [1.54, 1.807) is 0 Å². The van der Waals surface area contributed by atoms with Gasteiger partial charge in [-0.15, -0.1) is 0 Å². The van der Waals surface area contributed by atoms with Crippen molar-refractivity contribution >= 4 is 12.0 Å². The molecule has 8 heteroatoms. The average molecular weight is 240 g/mol. The van der Waals surface area contributed by atoms with Crippen LogP contribution in [0.2, 0.25) is 0 Å². The number of halogens is 2. The van der Waals surface area contributed by atoms with Crippen molar-refractivity contribution in [1.82, 2.24) is 10.2 Å². The number of carbonyl (C=O) groups excluding carboxylic acids is 1. The molecular weight excluding hydrogens is 226 g/mol. The third-order valence-corrected chi connectivity index (χ3v) is 1.59. The van der Waals surface area contributed by atoms with Gasteiger partial charge >= 0.3 is 12.0 Å². The second-order valence-corrected chi connectivity index (χ2v) is 2.89. The van der Waals surface area contributed by atoms with Crippen LogP contribution in [0.15, 0.2) is 0 Å². The van der Waals surface area contributed by atoms with Crippen LogP contribution in [0.5, 0.6) is 0 Å². The first-order valence-electron chi connectivity index (χ1n) is 4.49. The highest BCUT2D eigenvalue weighted by molar-refractivity contribution is 5.80. The molecular formula is C8H14F2N2O4. The predicted octanol–water partition coefficient (Wildman–Crippen LogP) is -0.00590. The molecule has 0 fully saturated rings. The standard InChI is InChI=1S/C8H14F2N2O4/c1-16-3-2-12(5-7(13)14)8(15)11-4-6(9)10/h6H,2-5H2,1H3,(H,11,15)(H,13,14). The van der Waals surface area contributed by atoms with Crippen LogP contribution in [0.3, 0.4) is 0 Å². The van der Waals surface area contributed by atoms with Gasteiger partial charge in [0.25, 0.3) is 6.43 Å². The number of hydrogen-bond donors (Lipinski definition) is 2. The van der Waals surface area contributed by atoms with Crippen LogP contribution in [-0.4, -0.2) is 61.8 Å². The van der Waals surface area contributed by atoms with Crippen LogP contribution in [0.1, 0.15) is 0 Å². The molecule has 0 aromatic rings. The summed E-state index contributed by atoms with van der Waals surface area (Å²) in [5, 5.41) is 10.4. The molecule has 2 amide bonds. The summed E-state index contributed by atoms with van der Waals surface area (Å²) < 4.78 is 28.3. The number of carboxylic acid groups (broad SMARTS) is 1. The molecule has 0 heterocycles. The number of amides is 2. The van der Waals surface area contributed by atoms with E-state index in [4.69, 9.17) is 5.11 Å². The van der Waals surface area contributed by atoms with Gasteiger partial charge in [-0.1, -0.05) is 0 Å². The molecule has 0 radical (unpaired) electrons. The van der Waals surface area contributed by atoms with Crippen molar-refractivity contribution in [2.24, 2.45) is 0 Å². The number of ether oxygens (including phenoxy) is 1. The van der Waals surface area contributed by atoms with Gasteiger partial charge in [0, 0.05) is 13.7 Å². The number of hydrogen-bond acceptors (Lipinski definition) is 3. The van der Waals surface area contributed by atoms with E-state index in [1.165, 1.54) is 7.11 Å². The zero-order valence-electron chi connectivity index (χ0n) is 8.78. The number of aliphatic carboxylic acids is 1. The molecule has 0 aliphatic carbocycles. The van der Waals surface area contributed by atoms with Crippen LogP contribution in [0.25, 0.3) is 0 Å². The first-order valence-corrected chi connectivity index (χ1v) is 4.49. The van der Waals surface area contributed by atoms with E-state index in [9.17, 15) is 18.4 Å². The third kappa shape index (κ3) is 6.93. The maximum absolute atomic E-state index is 11.8. The Labute approximate surface area is 91.2 Å². The van der Waals surface area contributed by atoms with E-state index in [-0.39, 0.29) is 13.2 Å². The first-order chi connectivity index (χ1) is 7.47. The predicted molar refractivity (Wildman–Crippen MR) is 50.5 cm³/mol. The van der Waals surface area contributed by atoms with Gasteiger partial charge in [0.05, 0.1) is 13.2 Å². The Bertz CT molecular complexity index is 238. The monoisotopic (exact) mass is 240 g/mol. The Morgan fingerprint density at radius 2 is 2.12 bits per heavy atom.